The van der Waals surface area contributed by atoms with Crippen molar-refractivity contribution in [3.8, 4) is 0 Å². The molecule has 6 nitrogen and oxygen atoms in total. The molecule has 0 aromatic carbocycles. The summed E-state index contributed by atoms with van der Waals surface area (Å²) in [6, 6.07) is 1.52. The van der Waals surface area contributed by atoms with E-state index in [-0.39, 0.29) is 19.6 Å². The number of nitrogens with one attached hydrogen (secondary N) is 2. The van der Waals surface area contributed by atoms with Crippen LogP contribution in [0.25, 0.3) is 0 Å². The summed E-state index contributed by atoms with van der Waals surface area (Å²) in [7, 11) is 0. The predicted molar refractivity (Wildman–Crippen MR) is 69.0 cm³/mol. The van der Waals surface area contributed by atoms with E-state index < -0.39 is 12.6 Å². The molecule has 1 rings (SSSR count). The minimum atomic E-state index is -4.14. The van der Waals surface area contributed by atoms with E-state index in [1.807, 2.05) is 6.92 Å². The van der Waals surface area contributed by atoms with Crippen LogP contribution < -0.4 is 16.6 Å². The SMILES string of the molecule is CCOCc1nc(NN)cc(NCCCC(F)(F)F)n1. The topological polar surface area (TPSA) is 85.1 Å². The molecule has 0 aliphatic heterocycles. The molecule has 0 aliphatic carbocycles. The molecule has 0 radical (unpaired) electrons. The average molecular weight is 293 g/mol. The Hall–Kier alpha value is -1.61. The molecule has 4 N–H and O–H groups in total. The Kier molecular flexibility index (Phi) is 6.46. The highest BCUT2D eigenvalue weighted by atomic mass is 19.4. The predicted octanol–water partition coefficient (Wildman–Crippen LogP) is 2.05. The summed E-state index contributed by atoms with van der Waals surface area (Å²) in [6.07, 6.45) is -5.00. The van der Waals surface area contributed by atoms with Gasteiger partial charge in [-0.15, -0.1) is 0 Å². The average Bonchev–Trinajstić information content (AvgIpc) is 2.40. The third kappa shape index (κ3) is 6.53. The first-order valence-corrected chi connectivity index (χ1v) is 6.17. The van der Waals surface area contributed by atoms with Crippen molar-refractivity contribution in [3.05, 3.63) is 11.9 Å². The number of hydrogen-bond acceptors (Lipinski definition) is 6. The molecular formula is C11H18F3N5O. The van der Waals surface area contributed by atoms with Crippen molar-refractivity contribution in [1.29, 1.82) is 0 Å². The number of hydrazine groups is 1. The van der Waals surface area contributed by atoms with E-state index in [0.29, 0.717) is 24.1 Å². The molecule has 20 heavy (non-hydrogen) atoms. The van der Waals surface area contributed by atoms with Gasteiger partial charge in [-0.3, -0.25) is 0 Å². The summed E-state index contributed by atoms with van der Waals surface area (Å²) >= 11 is 0. The number of aromatic nitrogens is 2. The van der Waals surface area contributed by atoms with Gasteiger partial charge in [0.15, 0.2) is 5.82 Å². The maximum atomic E-state index is 12.0. The lowest BCUT2D eigenvalue weighted by Gasteiger charge is -2.10. The molecule has 0 bridgehead atoms. The van der Waals surface area contributed by atoms with Gasteiger partial charge in [-0.1, -0.05) is 0 Å². The molecule has 0 unspecified atom stereocenters. The van der Waals surface area contributed by atoms with E-state index in [1.165, 1.54) is 6.07 Å². The van der Waals surface area contributed by atoms with Crippen LogP contribution in [0.2, 0.25) is 0 Å². The monoisotopic (exact) mass is 293 g/mol. The zero-order valence-corrected chi connectivity index (χ0v) is 11.1. The van der Waals surface area contributed by atoms with Crippen LogP contribution in [-0.4, -0.2) is 29.3 Å². The second kappa shape index (κ2) is 7.85. The molecule has 0 saturated carbocycles. The van der Waals surface area contributed by atoms with Gasteiger partial charge in [0.05, 0.1) is 0 Å². The summed E-state index contributed by atoms with van der Waals surface area (Å²) in [4.78, 5) is 8.19. The Morgan fingerprint density at radius 2 is 2.00 bits per heavy atom. The minimum Gasteiger partial charge on any atom is -0.374 e. The Bertz CT molecular complexity index is 414. The number of anilines is 2. The maximum Gasteiger partial charge on any atom is 0.389 e. The van der Waals surface area contributed by atoms with Crippen molar-refractivity contribution >= 4 is 11.6 Å². The van der Waals surface area contributed by atoms with E-state index in [1.54, 1.807) is 0 Å². The number of alkyl halides is 3. The fourth-order valence-corrected chi connectivity index (χ4v) is 1.42. The maximum absolute atomic E-state index is 12.0. The second-order valence-corrected chi connectivity index (χ2v) is 3.98. The van der Waals surface area contributed by atoms with Gasteiger partial charge < -0.3 is 15.5 Å². The van der Waals surface area contributed by atoms with Gasteiger partial charge in [0, 0.05) is 25.6 Å². The van der Waals surface area contributed by atoms with Crippen molar-refractivity contribution in [2.75, 3.05) is 23.9 Å². The van der Waals surface area contributed by atoms with Crippen LogP contribution in [0.3, 0.4) is 0 Å². The Morgan fingerprint density at radius 1 is 1.30 bits per heavy atom. The molecule has 0 saturated heterocycles. The molecule has 0 amide bonds. The molecule has 1 aromatic rings. The quantitative estimate of drug-likeness (QED) is 0.386. The van der Waals surface area contributed by atoms with E-state index in [4.69, 9.17) is 10.6 Å². The third-order valence-electron chi connectivity index (χ3n) is 2.30. The van der Waals surface area contributed by atoms with Gasteiger partial charge >= 0.3 is 6.18 Å². The largest absolute Gasteiger partial charge is 0.389 e. The number of nitrogens with two attached hydrogens (primary N) is 1. The fraction of sp³-hybridized carbons (Fsp3) is 0.636. The van der Waals surface area contributed by atoms with E-state index in [0.717, 1.165) is 0 Å². The van der Waals surface area contributed by atoms with Crippen LogP contribution in [-0.2, 0) is 11.3 Å². The first kappa shape index (κ1) is 16.4. The molecule has 1 aromatic heterocycles. The van der Waals surface area contributed by atoms with Gasteiger partial charge in [-0.05, 0) is 13.3 Å². The number of ether oxygens (including phenoxy) is 1. The molecule has 0 fully saturated rings. The first-order valence-electron chi connectivity index (χ1n) is 6.17. The lowest BCUT2D eigenvalue weighted by atomic mass is 10.3. The molecule has 9 heteroatoms. The summed E-state index contributed by atoms with van der Waals surface area (Å²) in [5, 5.41) is 2.81. The zero-order chi connectivity index (χ0) is 15.0. The summed E-state index contributed by atoms with van der Waals surface area (Å²) in [5.41, 5.74) is 2.37. The van der Waals surface area contributed by atoms with Crippen molar-refractivity contribution in [1.82, 2.24) is 9.97 Å². The fourth-order valence-electron chi connectivity index (χ4n) is 1.42. The first-order chi connectivity index (χ1) is 9.44. The summed E-state index contributed by atoms with van der Waals surface area (Å²) < 4.78 is 41.2. The van der Waals surface area contributed by atoms with Crippen LogP contribution in [0.5, 0.6) is 0 Å². The molecular weight excluding hydrogens is 275 g/mol. The van der Waals surface area contributed by atoms with Gasteiger partial charge in [-0.2, -0.15) is 13.2 Å². The highest BCUT2D eigenvalue weighted by Gasteiger charge is 2.25. The van der Waals surface area contributed by atoms with E-state index >= 15 is 0 Å². The van der Waals surface area contributed by atoms with Gasteiger partial charge in [0.25, 0.3) is 0 Å². The normalized spacial score (nSPS) is 11.4. The van der Waals surface area contributed by atoms with Gasteiger partial charge in [0.1, 0.15) is 18.2 Å². The van der Waals surface area contributed by atoms with Crippen LogP contribution in [0.15, 0.2) is 6.07 Å². The van der Waals surface area contributed by atoms with Crippen molar-refractivity contribution in [3.63, 3.8) is 0 Å². The van der Waals surface area contributed by atoms with E-state index in [9.17, 15) is 13.2 Å². The highest BCUT2D eigenvalue weighted by Crippen LogP contribution is 2.21. The lowest BCUT2D eigenvalue weighted by Crippen LogP contribution is -2.14. The Labute approximate surface area is 114 Å². The molecule has 114 valence electrons. The summed E-state index contributed by atoms with van der Waals surface area (Å²) in [6.45, 7) is 2.72. The lowest BCUT2D eigenvalue weighted by molar-refractivity contribution is -0.134. The summed E-state index contributed by atoms with van der Waals surface area (Å²) in [5.74, 6) is 6.45. The van der Waals surface area contributed by atoms with Crippen molar-refractivity contribution in [2.24, 2.45) is 5.84 Å². The van der Waals surface area contributed by atoms with Crippen LogP contribution >= 0.6 is 0 Å². The van der Waals surface area contributed by atoms with Gasteiger partial charge in [0.2, 0.25) is 0 Å². The molecule has 0 atom stereocenters. The highest BCUT2D eigenvalue weighted by molar-refractivity contribution is 5.46. The molecule has 0 aliphatic rings. The van der Waals surface area contributed by atoms with Crippen LogP contribution in [0, 0.1) is 0 Å². The second-order valence-electron chi connectivity index (χ2n) is 3.98. The van der Waals surface area contributed by atoms with Gasteiger partial charge in [-0.25, -0.2) is 15.8 Å². The standard InChI is InChI=1S/C11H18F3N5O/c1-2-20-7-10-17-8(6-9(18-10)19-15)16-5-3-4-11(12,13)14/h6H,2-5,7,15H2,1H3,(H2,16,17,18,19). The number of hydrogen-bond donors (Lipinski definition) is 3. The number of rotatable bonds is 8. The third-order valence-corrected chi connectivity index (χ3v) is 2.30. The number of nitrogen functional groups attached to an aromatic ring is 1. The zero-order valence-electron chi connectivity index (χ0n) is 11.1. The number of nitrogens with zero attached hydrogens (tertiary/aromatic N) is 2. The molecule has 0 spiro atoms. The van der Waals surface area contributed by atoms with Crippen LogP contribution in [0.1, 0.15) is 25.6 Å². The van der Waals surface area contributed by atoms with E-state index in [2.05, 4.69) is 20.7 Å². The van der Waals surface area contributed by atoms with Crippen molar-refractivity contribution < 1.29 is 17.9 Å². The minimum absolute atomic E-state index is 0.0281. The van der Waals surface area contributed by atoms with Crippen molar-refractivity contribution in [2.45, 2.75) is 32.5 Å². The Morgan fingerprint density at radius 3 is 2.60 bits per heavy atom. The smallest absolute Gasteiger partial charge is 0.374 e. The Balaban J connectivity index is 2.55. The van der Waals surface area contributed by atoms with Crippen LogP contribution in [0.4, 0.5) is 24.8 Å². The molecule has 1 heterocycles. The number of halogens is 3.